The Bertz CT molecular complexity index is 394. The Morgan fingerprint density at radius 2 is 1.94 bits per heavy atom. The summed E-state index contributed by atoms with van der Waals surface area (Å²) < 4.78 is 26.6. The van der Waals surface area contributed by atoms with Gasteiger partial charge in [-0.15, -0.1) is 0 Å². The minimum absolute atomic E-state index is 0.146. The van der Waals surface area contributed by atoms with Gasteiger partial charge in [0.15, 0.2) is 0 Å². The number of carbonyl (C=O) groups is 1. The van der Waals surface area contributed by atoms with E-state index in [1.54, 1.807) is 13.0 Å². The van der Waals surface area contributed by atoms with E-state index in [2.05, 4.69) is 0 Å². The molecule has 0 aliphatic heterocycles. The molecule has 1 rings (SSSR count). The van der Waals surface area contributed by atoms with E-state index in [1.807, 2.05) is 25.3 Å². The van der Waals surface area contributed by atoms with Crippen molar-refractivity contribution in [1.29, 1.82) is 0 Å². The molecule has 0 atom stereocenters. The Labute approximate surface area is 94.3 Å². The smallest absolute Gasteiger partial charge is 0.300 e. The number of aromatic nitrogens is 1. The van der Waals surface area contributed by atoms with E-state index in [0.29, 0.717) is 11.6 Å². The zero-order chi connectivity index (χ0) is 12.5. The summed E-state index contributed by atoms with van der Waals surface area (Å²) in [6.45, 7) is 8.39. The normalized spacial score (nSPS) is 11.5. The molecule has 0 aliphatic carbocycles. The van der Waals surface area contributed by atoms with Crippen molar-refractivity contribution < 1.29 is 13.6 Å². The molecule has 16 heavy (non-hydrogen) atoms. The molecule has 4 heteroatoms. The Hall–Kier alpha value is -1.19. The van der Waals surface area contributed by atoms with Crippen LogP contribution in [-0.2, 0) is 6.54 Å². The molecule has 0 saturated heterocycles. The molecule has 1 heterocycles. The minimum atomic E-state index is -2.92. The second-order valence-electron chi connectivity index (χ2n) is 4.45. The first kappa shape index (κ1) is 12.9. The summed E-state index contributed by atoms with van der Waals surface area (Å²) in [6.07, 6.45) is -2.92. The maximum Gasteiger partial charge on any atom is 0.300 e. The van der Waals surface area contributed by atoms with Gasteiger partial charge in [-0.05, 0) is 25.8 Å². The summed E-state index contributed by atoms with van der Waals surface area (Å²) in [4.78, 5) is 11.3. The summed E-state index contributed by atoms with van der Waals surface area (Å²) in [6, 6.07) is 1.55. The van der Waals surface area contributed by atoms with Crippen LogP contribution in [0.1, 0.15) is 35.6 Å². The number of carbonyl (C=O) groups excluding carboxylic acids is 1. The van der Waals surface area contributed by atoms with Crippen molar-refractivity contribution in [2.24, 2.45) is 5.92 Å². The lowest BCUT2D eigenvalue weighted by Gasteiger charge is -2.12. The molecular formula is C12H17F2NO. The molecule has 0 saturated carbocycles. The van der Waals surface area contributed by atoms with Crippen molar-refractivity contribution in [3.63, 3.8) is 0 Å². The van der Waals surface area contributed by atoms with Gasteiger partial charge in [0.25, 0.3) is 0 Å². The van der Waals surface area contributed by atoms with Crippen molar-refractivity contribution in [3.8, 4) is 0 Å². The van der Waals surface area contributed by atoms with Crippen LogP contribution in [0.2, 0.25) is 0 Å². The van der Waals surface area contributed by atoms with Crippen LogP contribution >= 0.6 is 0 Å². The summed E-state index contributed by atoms with van der Waals surface area (Å²) in [5.74, 6) is -0.664. The average Bonchev–Trinajstić information content (AvgIpc) is 2.44. The Morgan fingerprint density at radius 1 is 1.38 bits per heavy atom. The predicted octanol–water partition coefficient (Wildman–Crippen LogP) is 3.21. The van der Waals surface area contributed by atoms with Gasteiger partial charge in [-0.25, -0.2) is 8.78 Å². The van der Waals surface area contributed by atoms with Crippen LogP contribution in [0.5, 0.6) is 0 Å². The summed E-state index contributed by atoms with van der Waals surface area (Å²) in [5, 5.41) is 0. The molecule has 0 unspecified atom stereocenters. The van der Waals surface area contributed by atoms with Crippen molar-refractivity contribution in [2.45, 2.75) is 40.7 Å². The van der Waals surface area contributed by atoms with Crippen LogP contribution in [0.25, 0.3) is 0 Å². The molecule has 1 aromatic heterocycles. The van der Waals surface area contributed by atoms with Gasteiger partial charge < -0.3 is 4.57 Å². The number of rotatable bonds is 4. The molecule has 0 amide bonds. The fourth-order valence-corrected chi connectivity index (χ4v) is 1.81. The molecule has 90 valence electrons. The standard InChI is InChI=1S/C12H17F2NO/c1-7(2)6-15-8(3)5-10(9(15)4)11(16)12(13)14/h5,7,12H,6H2,1-4H3. The van der Waals surface area contributed by atoms with Gasteiger partial charge in [0.2, 0.25) is 5.78 Å². The van der Waals surface area contributed by atoms with Gasteiger partial charge in [0.05, 0.1) is 0 Å². The SMILES string of the molecule is Cc1cc(C(=O)C(F)F)c(C)n1CC(C)C. The van der Waals surface area contributed by atoms with Crippen molar-refractivity contribution in [1.82, 2.24) is 4.57 Å². The third-order valence-corrected chi connectivity index (χ3v) is 2.59. The first-order valence-electron chi connectivity index (χ1n) is 5.33. The number of nitrogens with zero attached hydrogens (tertiary/aromatic N) is 1. The topological polar surface area (TPSA) is 22.0 Å². The Kier molecular flexibility index (Phi) is 3.83. The zero-order valence-corrected chi connectivity index (χ0v) is 10.1. The fourth-order valence-electron chi connectivity index (χ4n) is 1.81. The van der Waals surface area contributed by atoms with Crippen molar-refractivity contribution >= 4 is 5.78 Å². The summed E-state index contributed by atoms with van der Waals surface area (Å²) in [7, 11) is 0. The molecule has 0 fully saturated rings. The average molecular weight is 229 g/mol. The number of halogens is 2. The molecule has 0 bridgehead atoms. The van der Waals surface area contributed by atoms with Crippen LogP contribution in [0.15, 0.2) is 6.07 Å². The second-order valence-corrected chi connectivity index (χ2v) is 4.45. The van der Waals surface area contributed by atoms with Gasteiger partial charge in [0.1, 0.15) is 0 Å². The van der Waals surface area contributed by atoms with Gasteiger partial charge in [-0.1, -0.05) is 13.8 Å². The number of hydrogen-bond acceptors (Lipinski definition) is 1. The van der Waals surface area contributed by atoms with Crippen molar-refractivity contribution in [3.05, 3.63) is 23.0 Å². The molecule has 1 aromatic rings. The van der Waals surface area contributed by atoms with E-state index >= 15 is 0 Å². The van der Waals surface area contributed by atoms with Crippen LogP contribution in [-0.4, -0.2) is 16.8 Å². The highest BCUT2D eigenvalue weighted by Gasteiger charge is 2.23. The predicted molar refractivity (Wildman–Crippen MR) is 59.1 cm³/mol. The van der Waals surface area contributed by atoms with E-state index in [9.17, 15) is 13.6 Å². The fraction of sp³-hybridized carbons (Fsp3) is 0.583. The lowest BCUT2D eigenvalue weighted by molar-refractivity contribution is 0.0678. The number of ketones is 1. The van der Waals surface area contributed by atoms with Crippen LogP contribution in [0, 0.1) is 19.8 Å². The maximum atomic E-state index is 12.3. The highest BCUT2D eigenvalue weighted by molar-refractivity contribution is 5.99. The highest BCUT2D eigenvalue weighted by Crippen LogP contribution is 2.19. The van der Waals surface area contributed by atoms with E-state index < -0.39 is 12.2 Å². The van der Waals surface area contributed by atoms with Gasteiger partial charge in [0, 0.05) is 23.5 Å². The van der Waals surface area contributed by atoms with E-state index in [0.717, 1.165) is 12.2 Å². The lowest BCUT2D eigenvalue weighted by Crippen LogP contribution is -2.13. The van der Waals surface area contributed by atoms with Crippen LogP contribution < -0.4 is 0 Å². The number of Topliss-reactive ketones (excluding diaryl/α,β-unsaturated/α-hetero) is 1. The number of hydrogen-bond donors (Lipinski definition) is 0. The third-order valence-electron chi connectivity index (χ3n) is 2.59. The second kappa shape index (κ2) is 4.76. The Morgan fingerprint density at radius 3 is 2.38 bits per heavy atom. The van der Waals surface area contributed by atoms with Gasteiger partial charge in [-0.2, -0.15) is 0 Å². The van der Waals surface area contributed by atoms with Crippen LogP contribution in [0.4, 0.5) is 8.78 Å². The molecule has 0 spiro atoms. The molecule has 2 nitrogen and oxygen atoms in total. The van der Waals surface area contributed by atoms with E-state index in [1.165, 1.54) is 0 Å². The zero-order valence-electron chi connectivity index (χ0n) is 10.1. The maximum absolute atomic E-state index is 12.3. The highest BCUT2D eigenvalue weighted by atomic mass is 19.3. The van der Waals surface area contributed by atoms with Crippen molar-refractivity contribution in [2.75, 3.05) is 0 Å². The van der Waals surface area contributed by atoms with Gasteiger partial charge in [-0.3, -0.25) is 4.79 Å². The monoisotopic (exact) mass is 229 g/mol. The third kappa shape index (κ3) is 2.49. The molecular weight excluding hydrogens is 212 g/mol. The molecule has 0 radical (unpaired) electrons. The molecule has 0 aromatic carbocycles. The number of aryl methyl sites for hydroxylation is 1. The quantitative estimate of drug-likeness (QED) is 0.727. The van der Waals surface area contributed by atoms with Gasteiger partial charge >= 0.3 is 6.43 Å². The summed E-state index contributed by atoms with van der Waals surface area (Å²) >= 11 is 0. The van der Waals surface area contributed by atoms with E-state index in [4.69, 9.17) is 0 Å². The molecule has 0 N–H and O–H groups in total. The Balaban J connectivity index is 3.11. The molecule has 0 aliphatic rings. The van der Waals surface area contributed by atoms with Crippen LogP contribution in [0.3, 0.4) is 0 Å². The number of alkyl halides is 2. The first-order chi connectivity index (χ1) is 7.34. The summed E-state index contributed by atoms with van der Waals surface area (Å²) in [5.41, 5.74) is 1.64. The minimum Gasteiger partial charge on any atom is -0.348 e. The lowest BCUT2D eigenvalue weighted by atomic mass is 10.1. The van der Waals surface area contributed by atoms with E-state index in [-0.39, 0.29) is 5.56 Å². The largest absolute Gasteiger partial charge is 0.348 e. The first-order valence-corrected chi connectivity index (χ1v) is 5.33.